The summed E-state index contributed by atoms with van der Waals surface area (Å²) in [6, 6.07) is 2.30. The molecule has 1 nitrogen and oxygen atoms in total. The summed E-state index contributed by atoms with van der Waals surface area (Å²) >= 11 is 3.94. The zero-order chi connectivity index (χ0) is 13.3. The summed E-state index contributed by atoms with van der Waals surface area (Å²) in [6.45, 7) is 10.7. The molecular weight excluding hydrogens is 288 g/mol. The normalized spacial score (nSPS) is 21.9. The maximum Gasteiger partial charge on any atom is 0.0508 e. The van der Waals surface area contributed by atoms with Crippen LogP contribution in [0.1, 0.15) is 45.5 Å². The van der Waals surface area contributed by atoms with Gasteiger partial charge in [0.25, 0.3) is 0 Å². The number of benzene rings is 1. The molecule has 1 heterocycles. The molecule has 0 aromatic heterocycles. The molecule has 0 N–H and O–H groups in total. The predicted octanol–water partition coefficient (Wildman–Crippen LogP) is 4.78. The molecule has 18 heavy (non-hydrogen) atoms. The first-order valence-electron chi connectivity index (χ1n) is 6.81. The van der Waals surface area contributed by atoms with E-state index in [1.807, 2.05) is 0 Å². The van der Waals surface area contributed by atoms with Crippen molar-refractivity contribution in [2.75, 3.05) is 13.2 Å². The van der Waals surface area contributed by atoms with Gasteiger partial charge >= 0.3 is 0 Å². The van der Waals surface area contributed by atoms with Gasteiger partial charge in [-0.25, -0.2) is 0 Å². The fourth-order valence-electron chi connectivity index (χ4n) is 2.89. The van der Waals surface area contributed by atoms with E-state index in [1.54, 1.807) is 0 Å². The second kappa shape index (κ2) is 5.75. The van der Waals surface area contributed by atoms with Crippen LogP contribution in [0.3, 0.4) is 0 Å². The van der Waals surface area contributed by atoms with Gasteiger partial charge < -0.3 is 4.74 Å². The van der Waals surface area contributed by atoms with Gasteiger partial charge in [0.15, 0.2) is 0 Å². The molecule has 0 saturated carbocycles. The molecule has 0 aliphatic carbocycles. The van der Waals surface area contributed by atoms with E-state index in [0.717, 1.165) is 13.2 Å². The molecular formula is C16H23BrO. The van der Waals surface area contributed by atoms with Gasteiger partial charge in [-0.15, -0.1) is 0 Å². The Bertz CT molecular complexity index is 407. The molecule has 0 spiro atoms. The smallest absolute Gasteiger partial charge is 0.0508 e. The first-order valence-corrected chi connectivity index (χ1v) is 7.73. The summed E-state index contributed by atoms with van der Waals surface area (Å²) in [4.78, 5) is 0.427. The van der Waals surface area contributed by atoms with Crippen LogP contribution in [0.5, 0.6) is 0 Å². The Labute approximate surface area is 119 Å². The van der Waals surface area contributed by atoms with E-state index >= 15 is 0 Å². The summed E-state index contributed by atoms with van der Waals surface area (Å²) in [5.41, 5.74) is 7.16. The number of aryl methyl sites for hydroxylation is 2. The molecule has 2 heteroatoms. The molecule has 1 fully saturated rings. The third kappa shape index (κ3) is 2.65. The van der Waals surface area contributed by atoms with Crippen LogP contribution in [-0.2, 0) is 4.74 Å². The van der Waals surface area contributed by atoms with E-state index in [0.29, 0.717) is 10.7 Å². The number of hydrogen-bond donors (Lipinski definition) is 0. The zero-order valence-electron chi connectivity index (χ0n) is 11.8. The first kappa shape index (κ1) is 14.1. The molecule has 0 bridgehead atoms. The molecule has 2 atom stereocenters. The van der Waals surface area contributed by atoms with E-state index in [2.05, 4.69) is 49.7 Å². The fraction of sp³-hybridized carbons (Fsp3) is 0.625. The number of ether oxygens (including phenoxy) is 1. The van der Waals surface area contributed by atoms with Crippen LogP contribution in [0.15, 0.2) is 6.07 Å². The lowest BCUT2D eigenvalue weighted by Gasteiger charge is -2.29. The van der Waals surface area contributed by atoms with Crippen molar-refractivity contribution in [1.82, 2.24) is 0 Å². The maximum atomic E-state index is 5.63. The molecule has 2 unspecified atom stereocenters. The highest BCUT2D eigenvalue weighted by atomic mass is 79.9. The predicted molar refractivity (Wildman–Crippen MR) is 80.6 cm³/mol. The van der Waals surface area contributed by atoms with Crippen molar-refractivity contribution in [2.24, 2.45) is 5.92 Å². The minimum atomic E-state index is 0.427. The highest BCUT2D eigenvalue weighted by Crippen LogP contribution is 2.40. The largest absolute Gasteiger partial charge is 0.381 e. The Morgan fingerprint density at radius 2 is 1.78 bits per heavy atom. The maximum absolute atomic E-state index is 5.63. The Hall–Kier alpha value is -0.340. The molecule has 1 aliphatic rings. The molecule has 1 aromatic carbocycles. The van der Waals surface area contributed by atoms with Crippen molar-refractivity contribution in [1.29, 1.82) is 0 Å². The third-order valence-corrected chi connectivity index (χ3v) is 5.51. The van der Waals surface area contributed by atoms with Crippen LogP contribution >= 0.6 is 15.9 Å². The molecule has 1 saturated heterocycles. The summed E-state index contributed by atoms with van der Waals surface area (Å²) in [5, 5.41) is 0. The average molecular weight is 311 g/mol. The van der Waals surface area contributed by atoms with E-state index in [4.69, 9.17) is 4.74 Å². The van der Waals surface area contributed by atoms with Crippen molar-refractivity contribution < 1.29 is 4.74 Å². The standard InChI is InChI=1S/C16H23BrO/c1-10-8-11(2)13(4)15(12(10)3)16(17)14-6-5-7-18-9-14/h8,14,16H,5-7,9H2,1-4H3. The molecule has 100 valence electrons. The van der Waals surface area contributed by atoms with Crippen LogP contribution in [0, 0.1) is 33.6 Å². The quantitative estimate of drug-likeness (QED) is 0.714. The van der Waals surface area contributed by atoms with E-state index in [9.17, 15) is 0 Å². The van der Waals surface area contributed by atoms with Crippen LogP contribution in [0.4, 0.5) is 0 Å². The van der Waals surface area contributed by atoms with Gasteiger partial charge in [0, 0.05) is 11.4 Å². The monoisotopic (exact) mass is 310 g/mol. The van der Waals surface area contributed by atoms with Crippen LogP contribution < -0.4 is 0 Å². The Morgan fingerprint density at radius 3 is 2.28 bits per heavy atom. The summed E-state index contributed by atoms with van der Waals surface area (Å²) in [6.07, 6.45) is 2.46. The van der Waals surface area contributed by atoms with E-state index < -0.39 is 0 Å². The lowest BCUT2D eigenvalue weighted by molar-refractivity contribution is 0.0545. The molecule has 2 rings (SSSR count). The molecule has 0 amide bonds. The number of rotatable bonds is 2. The lowest BCUT2D eigenvalue weighted by atomic mass is 9.86. The minimum Gasteiger partial charge on any atom is -0.381 e. The highest BCUT2D eigenvalue weighted by Gasteiger charge is 2.26. The van der Waals surface area contributed by atoms with Gasteiger partial charge in [-0.05, 0) is 74.3 Å². The van der Waals surface area contributed by atoms with Crippen molar-refractivity contribution in [2.45, 2.75) is 45.4 Å². The van der Waals surface area contributed by atoms with Gasteiger partial charge in [-0.2, -0.15) is 0 Å². The van der Waals surface area contributed by atoms with Crippen molar-refractivity contribution in [3.05, 3.63) is 33.9 Å². The summed E-state index contributed by atoms with van der Waals surface area (Å²) in [5.74, 6) is 0.609. The van der Waals surface area contributed by atoms with Crippen LogP contribution in [-0.4, -0.2) is 13.2 Å². The Morgan fingerprint density at radius 1 is 1.17 bits per heavy atom. The van der Waals surface area contributed by atoms with E-state index in [1.165, 1.54) is 40.7 Å². The second-order valence-electron chi connectivity index (χ2n) is 5.55. The topological polar surface area (TPSA) is 9.23 Å². The molecule has 1 aromatic rings. The van der Waals surface area contributed by atoms with Crippen molar-refractivity contribution in [3.63, 3.8) is 0 Å². The molecule has 0 radical (unpaired) electrons. The van der Waals surface area contributed by atoms with Gasteiger partial charge in [-0.3, -0.25) is 0 Å². The lowest BCUT2D eigenvalue weighted by Crippen LogP contribution is -2.22. The third-order valence-electron chi connectivity index (χ3n) is 4.31. The zero-order valence-corrected chi connectivity index (χ0v) is 13.4. The Kier molecular flexibility index (Phi) is 4.50. The number of halogens is 1. The van der Waals surface area contributed by atoms with Crippen LogP contribution in [0.2, 0.25) is 0 Å². The average Bonchev–Trinajstić information content (AvgIpc) is 2.37. The second-order valence-corrected chi connectivity index (χ2v) is 6.54. The van der Waals surface area contributed by atoms with Crippen molar-refractivity contribution in [3.8, 4) is 0 Å². The number of alkyl halides is 1. The Balaban J connectivity index is 2.37. The first-order chi connectivity index (χ1) is 8.52. The van der Waals surface area contributed by atoms with E-state index in [-0.39, 0.29) is 0 Å². The van der Waals surface area contributed by atoms with Gasteiger partial charge in [0.1, 0.15) is 0 Å². The van der Waals surface area contributed by atoms with Gasteiger partial charge in [-0.1, -0.05) is 22.0 Å². The molecule has 1 aliphatic heterocycles. The fourth-order valence-corrected chi connectivity index (χ4v) is 4.00. The minimum absolute atomic E-state index is 0.427. The van der Waals surface area contributed by atoms with Gasteiger partial charge in [0.05, 0.1) is 6.61 Å². The van der Waals surface area contributed by atoms with Crippen molar-refractivity contribution >= 4 is 15.9 Å². The number of hydrogen-bond acceptors (Lipinski definition) is 1. The highest BCUT2D eigenvalue weighted by molar-refractivity contribution is 9.09. The summed E-state index contributed by atoms with van der Waals surface area (Å²) < 4.78 is 5.63. The van der Waals surface area contributed by atoms with Gasteiger partial charge in [0.2, 0.25) is 0 Å². The SMILES string of the molecule is Cc1cc(C)c(C)c(C(Br)C2CCCOC2)c1C. The van der Waals surface area contributed by atoms with Crippen LogP contribution in [0.25, 0.3) is 0 Å². The summed E-state index contributed by atoms with van der Waals surface area (Å²) in [7, 11) is 0.